The Bertz CT molecular complexity index is 1560. The number of halogens is 1. The smallest absolute Gasteiger partial charge is 0.354 e. The van der Waals surface area contributed by atoms with Crippen LogP contribution in [0.5, 0.6) is 11.6 Å². The van der Waals surface area contributed by atoms with Gasteiger partial charge in [-0.15, -0.1) is 0 Å². The molecule has 0 unspecified atom stereocenters. The lowest BCUT2D eigenvalue weighted by Gasteiger charge is -2.16. The van der Waals surface area contributed by atoms with Crippen molar-refractivity contribution in [2.45, 2.75) is 33.4 Å². The molecule has 0 radical (unpaired) electrons. The monoisotopic (exact) mass is 505 g/mol. The highest BCUT2D eigenvalue weighted by atomic mass is 19.1. The van der Waals surface area contributed by atoms with E-state index in [1.165, 1.54) is 22.8 Å². The van der Waals surface area contributed by atoms with Crippen molar-refractivity contribution in [2.75, 3.05) is 5.32 Å². The molecule has 10 nitrogen and oxygen atoms in total. The molecule has 37 heavy (non-hydrogen) atoms. The highest BCUT2D eigenvalue weighted by Crippen LogP contribution is 2.27. The summed E-state index contributed by atoms with van der Waals surface area (Å²) >= 11 is 0. The van der Waals surface area contributed by atoms with Gasteiger partial charge in [0.15, 0.2) is 0 Å². The molecule has 0 amide bonds. The van der Waals surface area contributed by atoms with Crippen LogP contribution in [-0.2, 0) is 17.9 Å². The summed E-state index contributed by atoms with van der Waals surface area (Å²) in [6.45, 7) is 3.52. The molecule has 11 heteroatoms. The van der Waals surface area contributed by atoms with Gasteiger partial charge in [-0.2, -0.15) is 14.4 Å². The van der Waals surface area contributed by atoms with E-state index >= 15 is 0 Å². The summed E-state index contributed by atoms with van der Waals surface area (Å²) in [5, 5.41) is 12.0. The van der Waals surface area contributed by atoms with Crippen LogP contribution >= 0.6 is 0 Å². The Morgan fingerprint density at radius 3 is 2.46 bits per heavy atom. The number of carboxylic acids is 1. The maximum absolute atomic E-state index is 13.4. The SMILES string of the molecule is Cc1ccc(Cn2c(Nc3ccc(Oc4cccc(F)n4)c(C)c3)nc(=O)n(CCC(=O)O)c2=O)cc1. The minimum absolute atomic E-state index is 0.00187. The maximum Gasteiger partial charge on any atom is 0.354 e. The van der Waals surface area contributed by atoms with Gasteiger partial charge in [-0.25, -0.2) is 14.2 Å². The molecule has 0 saturated carbocycles. The zero-order chi connectivity index (χ0) is 26.5. The van der Waals surface area contributed by atoms with Gasteiger partial charge in [0.2, 0.25) is 17.8 Å². The molecule has 2 aromatic carbocycles. The third-order valence-electron chi connectivity index (χ3n) is 5.50. The molecule has 0 fully saturated rings. The second kappa shape index (κ2) is 10.9. The van der Waals surface area contributed by atoms with E-state index in [-0.39, 0.29) is 24.9 Å². The molecular formula is C26H24FN5O5. The Hall–Kier alpha value is -4.80. The van der Waals surface area contributed by atoms with E-state index in [1.807, 2.05) is 31.2 Å². The Balaban J connectivity index is 1.67. The van der Waals surface area contributed by atoms with Crippen LogP contribution in [0.2, 0.25) is 0 Å². The number of carboxylic acid groups (broad SMARTS) is 1. The number of nitrogens with one attached hydrogen (secondary N) is 1. The number of pyridine rings is 1. The van der Waals surface area contributed by atoms with E-state index in [9.17, 15) is 18.8 Å². The molecule has 190 valence electrons. The van der Waals surface area contributed by atoms with Crippen LogP contribution in [0, 0.1) is 19.8 Å². The standard InChI is InChI=1S/C26H24FN5O5/c1-16-6-8-18(9-7-16)15-32-24(30-25(35)31(26(32)36)13-12-23(33)34)28-19-10-11-20(17(2)14-19)37-22-5-3-4-21(27)29-22/h3-11,14H,12-13,15H2,1-2H3,(H,33,34)(H,28,30,35). The van der Waals surface area contributed by atoms with Crippen LogP contribution in [0.25, 0.3) is 0 Å². The molecule has 0 aliphatic rings. The van der Waals surface area contributed by atoms with Gasteiger partial charge in [0, 0.05) is 18.3 Å². The molecule has 4 aromatic rings. The van der Waals surface area contributed by atoms with Crippen LogP contribution in [0.3, 0.4) is 0 Å². The average Bonchev–Trinajstić information content (AvgIpc) is 2.84. The van der Waals surface area contributed by atoms with Crippen LogP contribution in [0.4, 0.5) is 16.0 Å². The molecular weight excluding hydrogens is 481 g/mol. The Labute approximate surface area is 210 Å². The number of anilines is 2. The Morgan fingerprint density at radius 1 is 1.03 bits per heavy atom. The highest BCUT2D eigenvalue weighted by Gasteiger charge is 2.16. The van der Waals surface area contributed by atoms with Gasteiger partial charge in [0.05, 0.1) is 13.0 Å². The van der Waals surface area contributed by atoms with Crippen LogP contribution in [0.15, 0.2) is 70.3 Å². The van der Waals surface area contributed by atoms with E-state index in [1.54, 1.807) is 25.1 Å². The third kappa shape index (κ3) is 6.26. The van der Waals surface area contributed by atoms with Crippen molar-refractivity contribution < 1.29 is 19.0 Å². The quantitative estimate of drug-likeness (QED) is 0.330. The second-order valence-electron chi connectivity index (χ2n) is 8.37. The molecule has 2 heterocycles. The lowest BCUT2D eigenvalue weighted by molar-refractivity contribution is -0.137. The third-order valence-corrected chi connectivity index (χ3v) is 5.50. The van der Waals surface area contributed by atoms with Crippen LogP contribution in [-0.4, -0.2) is 30.2 Å². The Morgan fingerprint density at radius 2 is 1.78 bits per heavy atom. The zero-order valence-electron chi connectivity index (χ0n) is 20.1. The summed E-state index contributed by atoms with van der Waals surface area (Å²) in [4.78, 5) is 44.6. The molecule has 2 N–H and O–H groups in total. The lowest BCUT2D eigenvalue weighted by atomic mass is 10.1. The van der Waals surface area contributed by atoms with Gasteiger partial charge in [-0.1, -0.05) is 35.9 Å². The number of aromatic nitrogens is 4. The summed E-state index contributed by atoms with van der Waals surface area (Å²) in [6, 6.07) is 16.7. The van der Waals surface area contributed by atoms with Gasteiger partial charge < -0.3 is 15.2 Å². The van der Waals surface area contributed by atoms with Crippen LogP contribution < -0.4 is 21.4 Å². The number of benzene rings is 2. The first-order chi connectivity index (χ1) is 17.7. The number of aryl methyl sites for hydroxylation is 2. The first kappa shape index (κ1) is 25.3. The van der Waals surface area contributed by atoms with E-state index < -0.39 is 29.7 Å². The summed E-state index contributed by atoms with van der Waals surface area (Å²) in [7, 11) is 0. The van der Waals surface area contributed by atoms with Gasteiger partial charge in [-0.3, -0.25) is 9.36 Å². The van der Waals surface area contributed by atoms with Gasteiger partial charge in [0.1, 0.15) is 5.75 Å². The van der Waals surface area contributed by atoms with Crippen molar-refractivity contribution in [1.82, 2.24) is 19.1 Å². The zero-order valence-corrected chi connectivity index (χ0v) is 20.1. The summed E-state index contributed by atoms with van der Waals surface area (Å²) in [6.07, 6.45) is -0.394. The average molecular weight is 506 g/mol. The fourth-order valence-electron chi connectivity index (χ4n) is 3.57. The fraction of sp³-hybridized carbons (Fsp3) is 0.192. The number of hydrogen-bond donors (Lipinski definition) is 2. The molecule has 0 atom stereocenters. The molecule has 0 saturated heterocycles. The van der Waals surface area contributed by atoms with E-state index in [0.29, 0.717) is 17.0 Å². The number of ether oxygens (including phenoxy) is 1. The predicted octanol–water partition coefficient (Wildman–Crippen LogP) is 3.61. The van der Waals surface area contributed by atoms with Gasteiger partial charge in [0.25, 0.3) is 0 Å². The minimum atomic E-state index is -1.13. The normalized spacial score (nSPS) is 10.8. The van der Waals surface area contributed by atoms with Crippen molar-refractivity contribution in [2.24, 2.45) is 0 Å². The van der Waals surface area contributed by atoms with Crippen molar-refractivity contribution in [3.8, 4) is 11.6 Å². The topological polar surface area (TPSA) is 128 Å². The summed E-state index contributed by atoms with van der Waals surface area (Å²) in [5.74, 6) is -1.25. The second-order valence-corrected chi connectivity index (χ2v) is 8.37. The van der Waals surface area contributed by atoms with E-state index in [0.717, 1.165) is 15.7 Å². The first-order valence-corrected chi connectivity index (χ1v) is 11.4. The molecule has 2 aromatic heterocycles. The largest absolute Gasteiger partial charge is 0.481 e. The number of carbonyl (C=O) groups is 1. The maximum atomic E-state index is 13.4. The highest BCUT2D eigenvalue weighted by molar-refractivity contribution is 5.66. The molecule has 0 bridgehead atoms. The fourth-order valence-corrected chi connectivity index (χ4v) is 3.57. The number of hydrogen-bond acceptors (Lipinski definition) is 7. The first-order valence-electron chi connectivity index (χ1n) is 11.4. The van der Waals surface area contributed by atoms with Gasteiger partial charge in [-0.05, 0) is 49.2 Å². The number of nitrogens with zero attached hydrogens (tertiary/aromatic N) is 4. The predicted molar refractivity (Wildman–Crippen MR) is 134 cm³/mol. The van der Waals surface area contributed by atoms with Crippen molar-refractivity contribution in [3.05, 3.63) is 104 Å². The molecule has 0 spiro atoms. The molecule has 4 rings (SSSR count). The summed E-state index contributed by atoms with van der Waals surface area (Å²) < 4.78 is 21.1. The minimum Gasteiger partial charge on any atom is -0.481 e. The van der Waals surface area contributed by atoms with Crippen molar-refractivity contribution in [3.63, 3.8) is 0 Å². The molecule has 0 aliphatic carbocycles. The number of rotatable bonds is 9. The van der Waals surface area contributed by atoms with Gasteiger partial charge >= 0.3 is 17.3 Å². The van der Waals surface area contributed by atoms with E-state index in [2.05, 4.69) is 15.3 Å². The lowest BCUT2D eigenvalue weighted by Crippen LogP contribution is -2.43. The van der Waals surface area contributed by atoms with E-state index in [4.69, 9.17) is 9.84 Å². The number of aliphatic carboxylic acids is 1. The summed E-state index contributed by atoms with van der Waals surface area (Å²) in [5.41, 5.74) is 1.50. The molecule has 0 aliphatic heterocycles. The van der Waals surface area contributed by atoms with Crippen molar-refractivity contribution in [1.29, 1.82) is 0 Å². The van der Waals surface area contributed by atoms with Crippen LogP contribution in [0.1, 0.15) is 23.1 Å². The van der Waals surface area contributed by atoms with Crippen molar-refractivity contribution >= 4 is 17.6 Å². The Kier molecular flexibility index (Phi) is 7.42.